The lowest BCUT2D eigenvalue weighted by molar-refractivity contribution is 0.0285. The molecule has 0 aromatic carbocycles. The minimum absolute atomic E-state index is 0.138. The van der Waals surface area contributed by atoms with E-state index < -0.39 is 0 Å². The molecule has 0 bridgehead atoms. The maximum absolute atomic E-state index is 6.08. The number of rotatable bonds is 1. The molecule has 0 aromatic heterocycles. The number of hydrogen-bond acceptors (Lipinski definition) is 2. The van der Waals surface area contributed by atoms with Gasteiger partial charge in [-0.05, 0) is 57.8 Å². The van der Waals surface area contributed by atoms with E-state index in [9.17, 15) is 0 Å². The average molecular weight is 278 g/mol. The number of nitrogens with zero attached hydrogens (tertiary/aromatic N) is 1. The van der Waals surface area contributed by atoms with Gasteiger partial charge in [-0.3, -0.25) is 0 Å². The van der Waals surface area contributed by atoms with Crippen molar-refractivity contribution in [3.63, 3.8) is 0 Å². The van der Waals surface area contributed by atoms with Gasteiger partial charge in [-0.15, -0.1) is 0 Å². The summed E-state index contributed by atoms with van der Waals surface area (Å²) in [7, 11) is 6.08. The molecule has 1 aliphatic heterocycles. The number of nitrogens with one attached hydrogen (secondary N) is 1. The molecule has 0 atom stereocenters. The van der Waals surface area contributed by atoms with Gasteiger partial charge >= 0.3 is 0 Å². The quantitative estimate of drug-likeness (QED) is 0.739. The molecule has 0 spiro atoms. The average Bonchev–Trinajstić information content (AvgIpc) is 2.19. The summed E-state index contributed by atoms with van der Waals surface area (Å²) in [5, 5.41) is 3.80. The summed E-state index contributed by atoms with van der Waals surface area (Å²) < 4.78 is 0. The first-order valence-electron chi connectivity index (χ1n) is 7.99. The van der Waals surface area contributed by atoms with Gasteiger partial charge in [0.05, 0.1) is 7.85 Å². The SMILES string of the molecule is [B]CN1CC(C)(C)CC(C)(C)NCC(C)(C)CC1(C)C. The Kier molecular flexibility index (Phi) is 5.09. The molecule has 0 saturated carbocycles. The largest absolute Gasteiger partial charge is 0.311 e. The molecule has 20 heavy (non-hydrogen) atoms. The lowest BCUT2D eigenvalue weighted by Crippen LogP contribution is -2.56. The van der Waals surface area contributed by atoms with Gasteiger partial charge in [-0.2, -0.15) is 0 Å². The fourth-order valence-electron chi connectivity index (χ4n) is 4.18. The molecule has 1 heterocycles. The van der Waals surface area contributed by atoms with E-state index in [1.165, 1.54) is 0 Å². The first-order valence-corrected chi connectivity index (χ1v) is 7.99. The molecule has 0 amide bonds. The van der Waals surface area contributed by atoms with Crippen LogP contribution < -0.4 is 5.32 Å². The predicted molar refractivity (Wildman–Crippen MR) is 90.3 cm³/mol. The molecule has 1 N–H and O–H groups in total. The fourth-order valence-corrected chi connectivity index (χ4v) is 4.18. The second-order valence-electron chi connectivity index (χ2n) is 9.61. The van der Waals surface area contributed by atoms with Gasteiger partial charge in [0.15, 0.2) is 0 Å². The maximum Gasteiger partial charge on any atom is 0.0863 e. The van der Waals surface area contributed by atoms with Crippen LogP contribution in [0.1, 0.15) is 68.2 Å². The molecule has 2 nitrogen and oxygen atoms in total. The van der Waals surface area contributed by atoms with Crippen molar-refractivity contribution in [1.29, 1.82) is 0 Å². The minimum Gasteiger partial charge on any atom is -0.311 e. The Hall–Kier alpha value is -0.0151. The van der Waals surface area contributed by atoms with Crippen LogP contribution in [0.5, 0.6) is 0 Å². The first kappa shape index (κ1) is 18.0. The van der Waals surface area contributed by atoms with E-state index in [4.69, 9.17) is 7.85 Å². The summed E-state index contributed by atoms with van der Waals surface area (Å²) in [5.41, 5.74) is 0.839. The third-order valence-electron chi connectivity index (χ3n) is 4.57. The summed E-state index contributed by atoms with van der Waals surface area (Å²) >= 11 is 0. The van der Waals surface area contributed by atoms with Crippen molar-refractivity contribution in [1.82, 2.24) is 10.2 Å². The maximum atomic E-state index is 6.08. The lowest BCUT2D eigenvalue weighted by atomic mass is 9.73. The van der Waals surface area contributed by atoms with Crippen LogP contribution in [0, 0.1) is 10.8 Å². The van der Waals surface area contributed by atoms with Gasteiger partial charge in [0.2, 0.25) is 0 Å². The highest BCUT2D eigenvalue weighted by molar-refractivity contribution is 6.08. The normalized spacial score (nSPS) is 29.8. The molecule has 1 rings (SSSR count). The highest BCUT2D eigenvalue weighted by atomic mass is 15.2. The van der Waals surface area contributed by atoms with E-state index in [1.54, 1.807) is 0 Å². The zero-order valence-electron chi connectivity index (χ0n) is 15.1. The van der Waals surface area contributed by atoms with Crippen LogP contribution in [0.3, 0.4) is 0 Å². The Morgan fingerprint density at radius 3 is 1.95 bits per heavy atom. The topological polar surface area (TPSA) is 15.3 Å². The van der Waals surface area contributed by atoms with Crippen LogP contribution in [0.15, 0.2) is 0 Å². The summed E-state index contributed by atoms with van der Waals surface area (Å²) in [4.78, 5) is 2.47. The van der Waals surface area contributed by atoms with Gasteiger partial charge in [-0.1, -0.05) is 27.7 Å². The smallest absolute Gasteiger partial charge is 0.0863 e. The molecule has 3 heteroatoms. The van der Waals surface area contributed by atoms with Gasteiger partial charge in [-0.25, -0.2) is 0 Å². The molecule has 1 saturated heterocycles. The molecule has 0 unspecified atom stereocenters. The van der Waals surface area contributed by atoms with Gasteiger partial charge in [0.1, 0.15) is 0 Å². The first-order chi connectivity index (χ1) is 8.79. The van der Waals surface area contributed by atoms with E-state index >= 15 is 0 Å². The zero-order valence-corrected chi connectivity index (χ0v) is 15.1. The van der Waals surface area contributed by atoms with Crippen molar-refractivity contribution in [3.05, 3.63) is 0 Å². The highest BCUT2D eigenvalue weighted by Crippen LogP contribution is 2.37. The molecule has 1 fully saturated rings. The Morgan fingerprint density at radius 1 is 0.900 bits per heavy atom. The summed E-state index contributed by atoms with van der Waals surface area (Å²) in [6, 6.07) is 0. The Balaban J connectivity index is 3.08. The third-order valence-corrected chi connectivity index (χ3v) is 4.57. The Labute approximate surface area is 128 Å². The third kappa shape index (κ3) is 5.07. The van der Waals surface area contributed by atoms with Gasteiger partial charge in [0, 0.05) is 24.2 Å². The van der Waals surface area contributed by atoms with Crippen LogP contribution in [0.4, 0.5) is 0 Å². The standard InChI is InChI=1S/C17H35BN2/c1-14(2)10-17(7,8)20(13-18)12-15(3,4)9-16(5,6)19-11-14/h19H,9-13H2,1-8H3. The van der Waals surface area contributed by atoms with E-state index in [1.807, 2.05) is 0 Å². The molecule has 2 radical (unpaired) electrons. The Morgan fingerprint density at radius 2 is 1.45 bits per heavy atom. The molecule has 0 aliphatic carbocycles. The van der Waals surface area contributed by atoms with E-state index in [-0.39, 0.29) is 21.9 Å². The Bertz CT molecular complexity index is 332. The van der Waals surface area contributed by atoms with Crippen molar-refractivity contribution in [2.75, 3.05) is 19.5 Å². The van der Waals surface area contributed by atoms with Gasteiger partial charge < -0.3 is 10.2 Å². The summed E-state index contributed by atoms with van der Waals surface area (Å²) in [6.07, 6.45) is 2.94. The summed E-state index contributed by atoms with van der Waals surface area (Å²) in [5.74, 6) is 0. The van der Waals surface area contributed by atoms with Crippen LogP contribution in [-0.4, -0.2) is 43.4 Å². The minimum atomic E-state index is 0.138. The second kappa shape index (κ2) is 5.64. The van der Waals surface area contributed by atoms with E-state index in [2.05, 4.69) is 65.6 Å². The predicted octanol–water partition coefficient (Wildman–Crippen LogP) is 3.41. The van der Waals surface area contributed by atoms with Crippen molar-refractivity contribution < 1.29 is 0 Å². The van der Waals surface area contributed by atoms with Crippen LogP contribution in [0.2, 0.25) is 0 Å². The zero-order chi connectivity index (χ0) is 15.8. The summed E-state index contributed by atoms with van der Waals surface area (Å²) in [6.45, 7) is 20.9. The molecule has 0 aromatic rings. The van der Waals surface area contributed by atoms with Crippen LogP contribution >= 0.6 is 0 Å². The van der Waals surface area contributed by atoms with Crippen molar-refractivity contribution in [3.8, 4) is 0 Å². The van der Waals surface area contributed by atoms with Gasteiger partial charge in [0.25, 0.3) is 0 Å². The molecular formula is C17H35BN2. The highest BCUT2D eigenvalue weighted by Gasteiger charge is 2.39. The molecular weight excluding hydrogens is 243 g/mol. The van der Waals surface area contributed by atoms with E-state index in [0.29, 0.717) is 6.44 Å². The monoisotopic (exact) mass is 278 g/mol. The van der Waals surface area contributed by atoms with Crippen molar-refractivity contribution >= 4 is 7.85 Å². The lowest BCUT2D eigenvalue weighted by Gasteiger charge is -2.50. The number of hydrogen-bond donors (Lipinski definition) is 1. The van der Waals surface area contributed by atoms with E-state index in [0.717, 1.165) is 25.9 Å². The van der Waals surface area contributed by atoms with Crippen LogP contribution in [-0.2, 0) is 0 Å². The van der Waals surface area contributed by atoms with Crippen molar-refractivity contribution in [2.24, 2.45) is 10.8 Å². The van der Waals surface area contributed by atoms with Crippen LogP contribution in [0.25, 0.3) is 0 Å². The molecule has 116 valence electrons. The fraction of sp³-hybridized carbons (Fsp3) is 1.00. The van der Waals surface area contributed by atoms with Crippen molar-refractivity contribution in [2.45, 2.75) is 79.3 Å². The molecule has 1 aliphatic rings. The second-order valence-corrected chi connectivity index (χ2v) is 9.61.